The topological polar surface area (TPSA) is 63.1 Å². The van der Waals surface area contributed by atoms with Gasteiger partial charge in [-0.3, -0.25) is 4.79 Å². The van der Waals surface area contributed by atoms with Crippen molar-refractivity contribution in [2.75, 3.05) is 0 Å². The lowest BCUT2D eigenvalue weighted by atomic mass is 10.0. The Morgan fingerprint density at radius 1 is 1.06 bits per heavy atom. The van der Waals surface area contributed by atoms with Gasteiger partial charge in [-0.2, -0.15) is 0 Å². The summed E-state index contributed by atoms with van der Waals surface area (Å²) in [7, 11) is 0. The van der Waals surface area contributed by atoms with Crippen LogP contribution in [-0.2, 0) is 0 Å². The highest BCUT2D eigenvalue weighted by Gasteiger charge is 2.22. The van der Waals surface area contributed by atoms with Crippen molar-refractivity contribution in [3.8, 4) is 0 Å². The second-order valence-corrected chi connectivity index (χ2v) is 3.63. The molecule has 0 spiro atoms. The Morgan fingerprint density at radius 2 is 1.69 bits per heavy atom. The van der Waals surface area contributed by atoms with Crippen molar-refractivity contribution in [2.45, 2.75) is 6.42 Å². The fourth-order valence-electron chi connectivity index (χ4n) is 1.76. The molecule has 3 rings (SSSR count). The standard InChI is InChI=1S/C12H8N2O2/c15-9-5-6-10(16)12-11(9)13-7-3-1-2-4-8(7)14-12/h1-5,15H,6H2. The number of benzene rings is 1. The summed E-state index contributed by atoms with van der Waals surface area (Å²) in [5.74, 6) is -0.0705. The molecule has 4 heteroatoms. The first-order valence-electron chi connectivity index (χ1n) is 4.95. The van der Waals surface area contributed by atoms with Crippen LogP contribution in [-0.4, -0.2) is 20.9 Å². The summed E-state index contributed by atoms with van der Waals surface area (Å²) in [5, 5.41) is 9.64. The average molecular weight is 212 g/mol. The van der Waals surface area contributed by atoms with Gasteiger partial charge in [0.15, 0.2) is 5.78 Å². The number of aliphatic hydroxyl groups is 1. The summed E-state index contributed by atoms with van der Waals surface area (Å²) in [6.45, 7) is 0. The number of hydrogen-bond acceptors (Lipinski definition) is 4. The zero-order valence-electron chi connectivity index (χ0n) is 8.34. The Bertz CT molecular complexity index is 632. The Balaban J connectivity index is 2.39. The zero-order chi connectivity index (χ0) is 11.1. The number of ketones is 1. The third-order valence-electron chi connectivity index (χ3n) is 2.56. The minimum atomic E-state index is -0.106. The third kappa shape index (κ3) is 1.20. The van der Waals surface area contributed by atoms with Gasteiger partial charge in [0, 0.05) is 6.42 Å². The summed E-state index contributed by atoms with van der Waals surface area (Å²) >= 11 is 0. The lowest BCUT2D eigenvalue weighted by Crippen LogP contribution is -2.12. The summed E-state index contributed by atoms with van der Waals surface area (Å²) in [6.07, 6.45) is 1.65. The predicted molar refractivity (Wildman–Crippen MR) is 59.1 cm³/mol. The number of para-hydroxylation sites is 2. The normalized spacial score (nSPS) is 14.8. The number of Topliss-reactive ketones (excluding diaryl/α,β-unsaturated/α-hetero) is 1. The highest BCUT2D eigenvalue weighted by molar-refractivity contribution is 6.02. The molecule has 0 saturated carbocycles. The molecule has 2 aromatic rings. The number of aliphatic hydroxyl groups excluding tert-OH is 1. The molecule has 0 atom stereocenters. The van der Waals surface area contributed by atoms with Gasteiger partial charge in [-0.15, -0.1) is 0 Å². The molecule has 0 amide bonds. The highest BCUT2D eigenvalue weighted by atomic mass is 16.3. The van der Waals surface area contributed by atoms with E-state index in [9.17, 15) is 9.90 Å². The van der Waals surface area contributed by atoms with Gasteiger partial charge in [-0.1, -0.05) is 12.1 Å². The van der Waals surface area contributed by atoms with Crippen LogP contribution in [0.4, 0.5) is 0 Å². The number of carbonyl (C=O) groups excluding carboxylic acids is 1. The van der Waals surface area contributed by atoms with Gasteiger partial charge in [-0.05, 0) is 18.2 Å². The van der Waals surface area contributed by atoms with E-state index in [4.69, 9.17) is 0 Å². The molecule has 1 aliphatic carbocycles. The van der Waals surface area contributed by atoms with E-state index in [-0.39, 0.29) is 29.4 Å². The van der Waals surface area contributed by atoms with Crippen LogP contribution in [0.2, 0.25) is 0 Å². The van der Waals surface area contributed by atoms with Crippen LogP contribution in [0, 0.1) is 0 Å². The Labute approximate surface area is 91.3 Å². The fraction of sp³-hybridized carbons (Fsp3) is 0.0833. The largest absolute Gasteiger partial charge is 0.506 e. The minimum absolute atomic E-state index is 0.0350. The lowest BCUT2D eigenvalue weighted by molar-refractivity contribution is 0.0987. The number of aromatic nitrogens is 2. The SMILES string of the molecule is O=C1CC=C(O)c2nc3ccccc3nc21. The first kappa shape index (κ1) is 9.03. The second kappa shape index (κ2) is 3.13. The van der Waals surface area contributed by atoms with Crippen molar-refractivity contribution < 1.29 is 9.90 Å². The van der Waals surface area contributed by atoms with Crippen LogP contribution in [0.25, 0.3) is 16.8 Å². The van der Waals surface area contributed by atoms with Crippen LogP contribution in [0.1, 0.15) is 22.6 Å². The molecule has 0 fully saturated rings. The minimum Gasteiger partial charge on any atom is -0.506 e. The molecule has 0 bridgehead atoms. The lowest BCUT2D eigenvalue weighted by Gasteiger charge is -2.11. The number of hydrogen-bond donors (Lipinski definition) is 1. The predicted octanol–water partition coefficient (Wildman–Crippen LogP) is 2.12. The highest BCUT2D eigenvalue weighted by Crippen LogP contribution is 2.23. The zero-order valence-corrected chi connectivity index (χ0v) is 8.34. The quantitative estimate of drug-likeness (QED) is 0.726. The van der Waals surface area contributed by atoms with Crippen molar-refractivity contribution >= 4 is 22.6 Å². The van der Waals surface area contributed by atoms with Gasteiger partial charge < -0.3 is 5.11 Å². The summed E-state index contributed by atoms with van der Waals surface area (Å²) in [6, 6.07) is 7.28. The van der Waals surface area contributed by atoms with Gasteiger partial charge in [0.25, 0.3) is 0 Å². The smallest absolute Gasteiger partial charge is 0.187 e. The van der Waals surface area contributed by atoms with Gasteiger partial charge >= 0.3 is 0 Å². The maximum Gasteiger partial charge on any atom is 0.187 e. The van der Waals surface area contributed by atoms with Gasteiger partial charge in [0.05, 0.1) is 11.0 Å². The monoisotopic (exact) mass is 212 g/mol. The van der Waals surface area contributed by atoms with E-state index < -0.39 is 0 Å². The molecule has 1 heterocycles. The molecule has 78 valence electrons. The van der Waals surface area contributed by atoms with E-state index in [0.29, 0.717) is 11.0 Å². The van der Waals surface area contributed by atoms with E-state index in [1.54, 1.807) is 12.1 Å². The van der Waals surface area contributed by atoms with E-state index in [1.165, 1.54) is 6.08 Å². The maximum atomic E-state index is 11.6. The van der Waals surface area contributed by atoms with Crippen LogP contribution in [0.5, 0.6) is 0 Å². The average Bonchev–Trinajstić information content (AvgIpc) is 2.32. The molecule has 16 heavy (non-hydrogen) atoms. The Hall–Kier alpha value is -2.23. The number of rotatable bonds is 0. The van der Waals surface area contributed by atoms with E-state index >= 15 is 0 Å². The molecule has 1 aromatic carbocycles. The van der Waals surface area contributed by atoms with Crippen LogP contribution in [0.15, 0.2) is 30.3 Å². The first-order valence-corrected chi connectivity index (χ1v) is 4.95. The van der Waals surface area contributed by atoms with E-state index in [0.717, 1.165) is 0 Å². The van der Waals surface area contributed by atoms with Crippen molar-refractivity contribution in [1.29, 1.82) is 0 Å². The van der Waals surface area contributed by atoms with Crippen molar-refractivity contribution in [3.63, 3.8) is 0 Å². The number of nitrogens with zero attached hydrogens (tertiary/aromatic N) is 2. The number of carbonyl (C=O) groups is 1. The second-order valence-electron chi connectivity index (χ2n) is 3.63. The molecular formula is C12H8N2O2. The molecule has 1 aliphatic rings. The Morgan fingerprint density at radius 3 is 2.38 bits per heavy atom. The molecule has 0 saturated heterocycles. The summed E-state index contributed by atoms with van der Waals surface area (Å²) < 4.78 is 0. The molecule has 0 aliphatic heterocycles. The molecular weight excluding hydrogens is 204 g/mol. The Kier molecular flexibility index (Phi) is 1.77. The number of allylic oxidation sites excluding steroid dienone is 1. The maximum absolute atomic E-state index is 11.6. The number of fused-ring (bicyclic) bond motifs is 2. The third-order valence-corrected chi connectivity index (χ3v) is 2.56. The van der Waals surface area contributed by atoms with Crippen LogP contribution < -0.4 is 0 Å². The molecule has 0 radical (unpaired) electrons. The first-order chi connectivity index (χ1) is 7.75. The van der Waals surface area contributed by atoms with Gasteiger partial charge in [0.1, 0.15) is 17.1 Å². The van der Waals surface area contributed by atoms with E-state index in [2.05, 4.69) is 9.97 Å². The summed E-state index contributed by atoms with van der Waals surface area (Å²) in [5.41, 5.74) is 1.90. The van der Waals surface area contributed by atoms with Gasteiger partial charge in [0.2, 0.25) is 0 Å². The molecule has 1 aromatic heterocycles. The fourth-order valence-corrected chi connectivity index (χ4v) is 1.76. The molecule has 1 N–H and O–H groups in total. The van der Waals surface area contributed by atoms with Crippen LogP contribution in [0.3, 0.4) is 0 Å². The van der Waals surface area contributed by atoms with Gasteiger partial charge in [-0.25, -0.2) is 9.97 Å². The van der Waals surface area contributed by atoms with Crippen molar-refractivity contribution in [1.82, 2.24) is 9.97 Å². The molecule has 4 nitrogen and oxygen atoms in total. The van der Waals surface area contributed by atoms with Crippen LogP contribution >= 0.6 is 0 Å². The summed E-state index contributed by atoms with van der Waals surface area (Å²) in [4.78, 5) is 20.1. The molecule has 0 unspecified atom stereocenters. The van der Waals surface area contributed by atoms with E-state index in [1.807, 2.05) is 12.1 Å². The van der Waals surface area contributed by atoms with Crippen molar-refractivity contribution in [3.05, 3.63) is 41.7 Å². The van der Waals surface area contributed by atoms with Crippen molar-refractivity contribution in [2.24, 2.45) is 0 Å².